The highest BCUT2D eigenvalue weighted by molar-refractivity contribution is 8.18. The summed E-state index contributed by atoms with van der Waals surface area (Å²) in [4.78, 5) is 26.3. The first-order valence-corrected chi connectivity index (χ1v) is 9.23. The zero-order valence-corrected chi connectivity index (χ0v) is 16.2. The number of nitrogens with zero attached hydrogens (tertiary/aromatic N) is 1. The van der Waals surface area contributed by atoms with Crippen LogP contribution in [0.5, 0.6) is 0 Å². The van der Waals surface area contributed by atoms with Crippen LogP contribution in [0, 0.1) is 26.6 Å². The Hall–Kier alpha value is -2.11. The minimum absolute atomic E-state index is 0.139. The zero-order chi connectivity index (χ0) is 19.0. The molecule has 0 bridgehead atoms. The van der Waals surface area contributed by atoms with Gasteiger partial charge in [0.25, 0.3) is 11.1 Å². The quantitative estimate of drug-likeness (QED) is 0.637. The minimum atomic E-state index is -0.536. The molecule has 6 heteroatoms. The number of thioether (sulfide) groups is 1. The normalized spacial score (nSPS) is 16.0. The highest BCUT2D eigenvalue weighted by Crippen LogP contribution is 2.35. The van der Waals surface area contributed by atoms with Crippen molar-refractivity contribution in [1.29, 1.82) is 0 Å². The molecule has 1 aliphatic rings. The molecular weight excluding hydrogens is 373 g/mol. The van der Waals surface area contributed by atoms with E-state index in [1.165, 1.54) is 18.2 Å². The van der Waals surface area contributed by atoms with E-state index in [4.69, 9.17) is 11.6 Å². The molecule has 2 aromatic carbocycles. The van der Waals surface area contributed by atoms with Gasteiger partial charge in [-0.3, -0.25) is 14.5 Å². The van der Waals surface area contributed by atoms with Crippen molar-refractivity contribution in [3.05, 3.63) is 73.9 Å². The first-order valence-electron chi connectivity index (χ1n) is 8.04. The van der Waals surface area contributed by atoms with Crippen LogP contribution in [0.25, 0.3) is 6.08 Å². The predicted molar refractivity (Wildman–Crippen MR) is 104 cm³/mol. The first kappa shape index (κ1) is 18.7. The fourth-order valence-electron chi connectivity index (χ4n) is 3.03. The summed E-state index contributed by atoms with van der Waals surface area (Å²) < 4.78 is 14.0. The molecule has 26 heavy (non-hydrogen) atoms. The second kappa shape index (κ2) is 7.25. The summed E-state index contributed by atoms with van der Waals surface area (Å²) in [7, 11) is 0. The highest BCUT2D eigenvalue weighted by atomic mass is 35.5. The van der Waals surface area contributed by atoms with E-state index in [-0.39, 0.29) is 17.1 Å². The molecule has 1 fully saturated rings. The van der Waals surface area contributed by atoms with Crippen LogP contribution in [0.2, 0.25) is 5.02 Å². The molecule has 0 spiro atoms. The smallest absolute Gasteiger partial charge is 0.268 e. The van der Waals surface area contributed by atoms with Gasteiger partial charge in [0.1, 0.15) is 5.82 Å². The maximum Gasteiger partial charge on any atom is 0.293 e. The van der Waals surface area contributed by atoms with Crippen molar-refractivity contribution in [1.82, 2.24) is 4.90 Å². The van der Waals surface area contributed by atoms with E-state index in [1.807, 2.05) is 32.9 Å². The van der Waals surface area contributed by atoms with Gasteiger partial charge in [-0.05, 0) is 67.4 Å². The SMILES string of the molecule is Cc1cc(C)c(/C=C2\SC(=O)N(Cc3c(F)cccc3Cl)C2=O)c(C)c1. The van der Waals surface area contributed by atoms with Gasteiger partial charge in [0.05, 0.1) is 11.4 Å². The molecule has 0 aliphatic carbocycles. The number of rotatable bonds is 3. The Morgan fingerprint density at radius 2 is 1.81 bits per heavy atom. The van der Waals surface area contributed by atoms with E-state index in [1.54, 1.807) is 6.08 Å². The molecule has 0 saturated carbocycles. The van der Waals surface area contributed by atoms with Crippen molar-refractivity contribution < 1.29 is 14.0 Å². The summed E-state index contributed by atoms with van der Waals surface area (Å²) >= 11 is 6.88. The number of carbonyl (C=O) groups excluding carboxylic acids is 2. The van der Waals surface area contributed by atoms with Crippen molar-refractivity contribution in [2.24, 2.45) is 0 Å². The van der Waals surface area contributed by atoms with E-state index in [0.29, 0.717) is 4.91 Å². The number of amides is 2. The van der Waals surface area contributed by atoms with Gasteiger partial charge in [0, 0.05) is 10.6 Å². The van der Waals surface area contributed by atoms with Crippen LogP contribution < -0.4 is 0 Å². The average molecular weight is 390 g/mol. The van der Waals surface area contributed by atoms with Gasteiger partial charge in [-0.2, -0.15) is 0 Å². The Kier molecular flexibility index (Phi) is 5.21. The van der Waals surface area contributed by atoms with Gasteiger partial charge in [-0.25, -0.2) is 4.39 Å². The van der Waals surface area contributed by atoms with Gasteiger partial charge in [-0.1, -0.05) is 35.4 Å². The van der Waals surface area contributed by atoms with E-state index >= 15 is 0 Å². The second-order valence-electron chi connectivity index (χ2n) is 6.28. The zero-order valence-electron chi connectivity index (χ0n) is 14.6. The van der Waals surface area contributed by atoms with Crippen molar-refractivity contribution >= 4 is 40.6 Å². The number of halogens is 2. The molecular formula is C20H17ClFNO2S. The topological polar surface area (TPSA) is 37.4 Å². The lowest BCUT2D eigenvalue weighted by molar-refractivity contribution is -0.123. The van der Waals surface area contributed by atoms with Crippen LogP contribution in [-0.4, -0.2) is 16.0 Å². The van der Waals surface area contributed by atoms with Crippen LogP contribution in [0.1, 0.15) is 27.8 Å². The van der Waals surface area contributed by atoms with Gasteiger partial charge in [-0.15, -0.1) is 0 Å². The van der Waals surface area contributed by atoms with Gasteiger partial charge >= 0.3 is 0 Å². The van der Waals surface area contributed by atoms with Crippen LogP contribution >= 0.6 is 23.4 Å². The molecule has 1 aliphatic heterocycles. The molecule has 0 unspecified atom stereocenters. The lowest BCUT2D eigenvalue weighted by Gasteiger charge is -2.14. The van der Waals surface area contributed by atoms with Crippen molar-refractivity contribution in [2.45, 2.75) is 27.3 Å². The summed E-state index contributed by atoms with van der Waals surface area (Å²) in [5.41, 5.74) is 4.27. The van der Waals surface area contributed by atoms with Gasteiger partial charge in [0.2, 0.25) is 0 Å². The van der Waals surface area contributed by atoms with E-state index in [2.05, 4.69) is 0 Å². The summed E-state index contributed by atoms with van der Waals surface area (Å²) in [6.45, 7) is 5.76. The van der Waals surface area contributed by atoms with Gasteiger partial charge < -0.3 is 0 Å². The van der Waals surface area contributed by atoms with Crippen molar-refractivity contribution in [2.75, 3.05) is 0 Å². The molecule has 134 valence electrons. The molecule has 1 saturated heterocycles. The number of hydrogen-bond donors (Lipinski definition) is 0. The summed E-state index contributed by atoms with van der Waals surface area (Å²) in [5.74, 6) is -0.968. The monoisotopic (exact) mass is 389 g/mol. The van der Waals surface area contributed by atoms with E-state index in [9.17, 15) is 14.0 Å². The van der Waals surface area contributed by atoms with Crippen molar-refractivity contribution in [3.63, 3.8) is 0 Å². The molecule has 0 N–H and O–H groups in total. The van der Waals surface area contributed by atoms with E-state index in [0.717, 1.165) is 38.9 Å². The molecule has 3 nitrogen and oxygen atoms in total. The van der Waals surface area contributed by atoms with Gasteiger partial charge in [0.15, 0.2) is 0 Å². The molecule has 0 aromatic heterocycles. The maximum absolute atomic E-state index is 14.0. The summed E-state index contributed by atoms with van der Waals surface area (Å²) in [5, 5.41) is -0.235. The Morgan fingerprint density at radius 1 is 1.15 bits per heavy atom. The molecule has 0 radical (unpaired) electrons. The largest absolute Gasteiger partial charge is 0.293 e. The number of carbonyl (C=O) groups is 2. The van der Waals surface area contributed by atoms with Crippen LogP contribution in [0.3, 0.4) is 0 Å². The van der Waals surface area contributed by atoms with E-state index < -0.39 is 17.0 Å². The lowest BCUT2D eigenvalue weighted by Crippen LogP contribution is -2.28. The fourth-order valence-corrected chi connectivity index (χ4v) is 4.07. The molecule has 2 amide bonds. The second-order valence-corrected chi connectivity index (χ2v) is 7.68. The standard InChI is InChI=1S/C20H17ClFNO2S/c1-11-7-12(2)14(13(3)8-11)9-18-19(24)23(20(25)26-18)10-15-16(21)5-4-6-17(15)22/h4-9H,10H2,1-3H3/b18-9-. The number of aryl methyl sites for hydroxylation is 3. The number of imide groups is 1. The third-order valence-corrected chi connectivity index (χ3v) is 5.53. The molecule has 0 atom stereocenters. The third kappa shape index (κ3) is 3.55. The first-order chi connectivity index (χ1) is 12.3. The Labute approximate surface area is 160 Å². The Balaban J connectivity index is 1.93. The van der Waals surface area contributed by atoms with Crippen LogP contribution in [0.15, 0.2) is 35.2 Å². The average Bonchev–Trinajstić information content (AvgIpc) is 2.81. The Bertz CT molecular complexity index is 912. The summed E-state index contributed by atoms with van der Waals surface area (Å²) in [6.07, 6.45) is 1.73. The number of benzene rings is 2. The minimum Gasteiger partial charge on any atom is -0.268 e. The molecule has 3 rings (SSSR count). The predicted octanol–water partition coefficient (Wildman–Crippen LogP) is 5.64. The molecule has 2 aromatic rings. The van der Waals surface area contributed by atoms with Crippen molar-refractivity contribution in [3.8, 4) is 0 Å². The van der Waals surface area contributed by atoms with Crippen LogP contribution in [0.4, 0.5) is 9.18 Å². The maximum atomic E-state index is 14.0. The third-order valence-electron chi connectivity index (χ3n) is 4.26. The lowest BCUT2D eigenvalue weighted by atomic mass is 9.99. The summed E-state index contributed by atoms with van der Waals surface area (Å²) in [6, 6.07) is 8.34. The highest BCUT2D eigenvalue weighted by Gasteiger charge is 2.36. The van der Waals surface area contributed by atoms with Crippen LogP contribution in [-0.2, 0) is 11.3 Å². The number of hydrogen-bond acceptors (Lipinski definition) is 3. The fraction of sp³-hybridized carbons (Fsp3) is 0.200. The molecule has 1 heterocycles. The Morgan fingerprint density at radius 3 is 2.42 bits per heavy atom.